The van der Waals surface area contributed by atoms with Crippen LogP contribution in [0, 0.1) is 10.8 Å². The summed E-state index contributed by atoms with van der Waals surface area (Å²) in [5.41, 5.74) is 3.71. The first kappa shape index (κ1) is 21.5. The van der Waals surface area contributed by atoms with Crippen molar-refractivity contribution in [2.75, 3.05) is 7.11 Å². The Morgan fingerprint density at radius 2 is 1.30 bits per heavy atom. The molecule has 0 atom stereocenters. The van der Waals surface area contributed by atoms with E-state index in [1.807, 2.05) is 0 Å². The number of ketones is 2. The van der Waals surface area contributed by atoms with Crippen molar-refractivity contribution < 1.29 is 14.3 Å². The van der Waals surface area contributed by atoms with Crippen molar-refractivity contribution in [1.82, 2.24) is 5.32 Å². The van der Waals surface area contributed by atoms with Gasteiger partial charge in [-0.05, 0) is 41.4 Å². The van der Waals surface area contributed by atoms with Gasteiger partial charge in [-0.25, -0.2) is 0 Å². The van der Waals surface area contributed by atoms with Crippen LogP contribution in [-0.2, 0) is 9.59 Å². The molecule has 4 rings (SSSR count). The Kier molecular flexibility index (Phi) is 5.10. The smallest absolute Gasteiger partial charge is 0.162 e. The van der Waals surface area contributed by atoms with Gasteiger partial charge in [-0.15, -0.1) is 0 Å². The molecule has 1 aromatic carbocycles. The number of halogens is 2. The standard InChI is InChI=1S/C24H27Cl2NO3/c1-23(2)8-15-20(17(28)10-23)19(12-6-13(25)22(30-5)14(26)7-12)21-16(27-15)9-24(3,4)11-18(21)29/h6-7,19,27H,8-11H2,1-5H3. The molecule has 1 heterocycles. The van der Waals surface area contributed by atoms with E-state index in [9.17, 15) is 9.59 Å². The lowest BCUT2D eigenvalue weighted by Crippen LogP contribution is -2.42. The second kappa shape index (κ2) is 7.13. The van der Waals surface area contributed by atoms with E-state index < -0.39 is 5.92 Å². The number of Topliss-reactive ketones (excluding diaryl/α,β-unsaturated/α-hetero) is 2. The van der Waals surface area contributed by atoms with Crippen LogP contribution < -0.4 is 10.1 Å². The maximum atomic E-state index is 13.3. The highest BCUT2D eigenvalue weighted by Crippen LogP contribution is 2.52. The third kappa shape index (κ3) is 3.58. The SMILES string of the molecule is COc1c(Cl)cc(C2C3=C(CC(C)(C)CC3=O)NC3=C2C(=O)CC(C)(C)C3)cc1Cl. The van der Waals surface area contributed by atoms with E-state index in [1.165, 1.54) is 7.11 Å². The fourth-order valence-electron chi connectivity index (χ4n) is 5.16. The highest BCUT2D eigenvalue weighted by atomic mass is 35.5. The van der Waals surface area contributed by atoms with E-state index >= 15 is 0 Å². The van der Waals surface area contributed by atoms with Gasteiger partial charge in [-0.3, -0.25) is 9.59 Å². The second-order valence-electron chi connectivity index (χ2n) is 10.2. The normalized spacial score (nSPS) is 23.2. The molecule has 1 aromatic rings. The first-order valence-electron chi connectivity index (χ1n) is 10.2. The van der Waals surface area contributed by atoms with Crippen LogP contribution in [0.4, 0.5) is 0 Å². The first-order valence-corrected chi connectivity index (χ1v) is 11.0. The van der Waals surface area contributed by atoms with Gasteiger partial charge < -0.3 is 10.1 Å². The van der Waals surface area contributed by atoms with Gasteiger partial charge in [-0.2, -0.15) is 0 Å². The third-order valence-corrected chi connectivity index (χ3v) is 6.84. The van der Waals surface area contributed by atoms with Gasteiger partial charge in [0.05, 0.1) is 17.2 Å². The third-order valence-electron chi connectivity index (χ3n) is 6.28. The van der Waals surface area contributed by atoms with Gasteiger partial charge in [0.2, 0.25) is 0 Å². The molecule has 0 amide bonds. The first-order chi connectivity index (χ1) is 13.9. The zero-order valence-corrected chi connectivity index (χ0v) is 19.6. The largest absolute Gasteiger partial charge is 0.494 e. The average Bonchev–Trinajstić information content (AvgIpc) is 2.57. The second-order valence-corrected chi connectivity index (χ2v) is 11.1. The van der Waals surface area contributed by atoms with Gasteiger partial charge in [0.15, 0.2) is 17.3 Å². The minimum Gasteiger partial charge on any atom is -0.494 e. The van der Waals surface area contributed by atoms with Gasteiger partial charge >= 0.3 is 0 Å². The van der Waals surface area contributed by atoms with Crippen LogP contribution in [0.2, 0.25) is 10.0 Å². The summed E-state index contributed by atoms with van der Waals surface area (Å²) in [5.74, 6) is 0.0907. The molecular weight excluding hydrogens is 421 g/mol. The number of carbonyl (C=O) groups excluding carboxylic acids is 2. The number of dihydropyridines is 1. The molecule has 3 aliphatic rings. The zero-order chi connectivity index (χ0) is 22.0. The Hall–Kier alpha value is -1.78. The predicted octanol–water partition coefficient (Wildman–Crippen LogP) is 5.98. The topological polar surface area (TPSA) is 55.4 Å². The molecule has 0 spiro atoms. The molecule has 0 saturated carbocycles. The van der Waals surface area contributed by atoms with Gasteiger partial charge in [0.1, 0.15) is 0 Å². The highest BCUT2D eigenvalue weighted by Gasteiger charge is 2.46. The number of allylic oxidation sites excluding steroid dienone is 4. The summed E-state index contributed by atoms with van der Waals surface area (Å²) < 4.78 is 5.29. The highest BCUT2D eigenvalue weighted by molar-refractivity contribution is 6.37. The summed E-state index contributed by atoms with van der Waals surface area (Å²) in [6.07, 6.45) is 2.41. The van der Waals surface area contributed by atoms with Crippen LogP contribution in [0.1, 0.15) is 64.9 Å². The van der Waals surface area contributed by atoms with Crippen molar-refractivity contribution >= 4 is 34.8 Å². The average molecular weight is 448 g/mol. The lowest BCUT2D eigenvalue weighted by molar-refractivity contribution is -0.119. The van der Waals surface area contributed by atoms with Crippen molar-refractivity contribution in [1.29, 1.82) is 0 Å². The number of benzene rings is 1. The van der Waals surface area contributed by atoms with Crippen molar-refractivity contribution in [3.63, 3.8) is 0 Å². The van der Waals surface area contributed by atoms with Crippen molar-refractivity contribution in [2.24, 2.45) is 10.8 Å². The Bertz CT molecular complexity index is 958. The van der Waals surface area contributed by atoms with Crippen molar-refractivity contribution in [3.8, 4) is 5.75 Å². The molecule has 0 aromatic heterocycles. The van der Waals surface area contributed by atoms with Crippen LogP contribution in [0.25, 0.3) is 0 Å². The minimum absolute atomic E-state index is 0.0750. The molecule has 0 fully saturated rings. The Morgan fingerprint density at radius 1 is 0.867 bits per heavy atom. The number of rotatable bonds is 2. The Balaban J connectivity index is 1.94. The van der Waals surface area contributed by atoms with Crippen LogP contribution in [0.3, 0.4) is 0 Å². The molecule has 0 bridgehead atoms. The maximum Gasteiger partial charge on any atom is 0.162 e. The molecule has 0 saturated heterocycles. The Morgan fingerprint density at radius 3 is 1.70 bits per heavy atom. The van der Waals surface area contributed by atoms with Crippen molar-refractivity contribution in [3.05, 3.63) is 50.3 Å². The van der Waals surface area contributed by atoms with Crippen molar-refractivity contribution in [2.45, 2.75) is 59.3 Å². The fraction of sp³-hybridized carbons (Fsp3) is 0.500. The van der Waals surface area contributed by atoms with E-state index in [-0.39, 0.29) is 22.4 Å². The number of hydrogen-bond donors (Lipinski definition) is 1. The number of carbonyl (C=O) groups is 2. The molecule has 4 nitrogen and oxygen atoms in total. The lowest BCUT2D eigenvalue weighted by Gasteiger charge is -2.44. The van der Waals surface area contributed by atoms with Crippen LogP contribution >= 0.6 is 23.2 Å². The van der Waals surface area contributed by atoms with Gasteiger partial charge in [0.25, 0.3) is 0 Å². The molecule has 2 aliphatic carbocycles. The number of nitrogens with one attached hydrogen (secondary N) is 1. The van der Waals surface area contributed by atoms with E-state index in [4.69, 9.17) is 27.9 Å². The molecule has 1 N–H and O–H groups in total. The van der Waals surface area contributed by atoms with Crippen LogP contribution in [0.15, 0.2) is 34.7 Å². The molecule has 1 aliphatic heterocycles. The van der Waals surface area contributed by atoms with Crippen LogP contribution in [-0.4, -0.2) is 18.7 Å². The van der Waals surface area contributed by atoms with Crippen LogP contribution in [0.5, 0.6) is 5.75 Å². The fourth-order valence-corrected chi connectivity index (χ4v) is 5.82. The maximum absolute atomic E-state index is 13.3. The number of ether oxygens (including phenoxy) is 1. The monoisotopic (exact) mass is 447 g/mol. The zero-order valence-electron chi connectivity index (χ0n) is 18.0. The molecule has 30 heavy (non-hydrogen) atoms. The predicted molar refractivity (Wildman–Crippen MR) is 119 cm³/mol. The molecule has 0 unspecified atom stereocenters. The summed E-state index contributed by atoms with van der Waals surface area (Å²) in [6.45, 7) is 8.41. The summed E-state index contributed by atoms with van der Waals surface area (Å²) >= 11 is 12.9. The summed E-state index contributed by atoms with van der Waals surface area (Å²) in [7, 11) is 1.51. The van der Waals surface area contributed by atoms with E-state index in [0.717, 1.165) is 29.8 Å². The molecular formula is C24H27Cl2NO3. The lowest BCUT2D eigenvalue weighted by atomic mass is 9.64. The van der Waals surface area contributed by atoms with E-state index in [2.05, 4.69) is 33.0 Å². The number of hydrogen-bond acceptors (Lipinski definition) is 4. The van der Waals surface area contributed by atoms with Gasteiger partial charge in [-0.1, -0.05) is 50.9 Å². The molecule has 0 radical (unpaired) electrons. The Labute approximate surface area is 187 Å². The molecule has 6 heteroatoms. The summed E-state index contributed by atoms with van der Waals surface area (Å²) in [6, 6.07) is 3.55. The minimum atomic E-state index is -0.454. The summed E-state index contributed by atoms with van der Waals surface area (Å²) in [4.78, 5) is 26.6. The van der Waals surface area contributed by atoms with E-state index in [1.54, 1.807) is 12.1 Å². The summed E-state index contributed by atoms with van der Waals surface area (Å²) in [5, 5.41) is 4.25. The number of methoxy groups -OCH3 is 1. The van der Waals surface area contributed by atoms with E-state index in [0.29, 0.717) is 39.8 Å². The van der Waals surface area contributed by atoms with Gasteiger partial charge in [0, 0.05) is 41.3 Å². The molecule has 160 valence electrons. The quantitative estimate of drug-likeness (QED) is 0.605.